The van der Waals surface area contributed by atoms with Crippen molar-refractivity contribution < 1.29 is 9.53 Å². The van der Waals surface area contributed by atoms with Crippen molar-refractivity contribution in [3.8, 4) is 5.75 Å². The Labute approximate surface area is 136 Å². The van der Waals surface area contributed by atoms with Gasteiger partial charge in [-0.1, -0.05) is 62.7 Å². The highest BCUT2D eigenvalue weighted by molar-refractivity contribution is 6.30. The number of rotatable bonds is 3. The molecule has 0 aliphatic heterocycles. The number of carbonyl (C=O) groups excluding carboxylic acids is 1. The number of halogens is 1. The standard InChI is InChI=1S/C19H19ClO2/c1-19(2,3)16-6-4-5-7-17(16)22-18(21)13-10-14-8-11-15(20)12-9-14/h4-13H,1-3H3/b13-10+. The van der Waals surface area contributed by atoms with E-state index in [-0.39, 0.29) is 5.41 Å². The van der Waals surface area contributed by atoms with Crippen molar-refractivity contribution in [2.75, 3.05) is 0 Å². The van der Waals surface area contributed by atoms with Gasteiger partial charge in [-0.2, -0.15) is 0 Å². The Hall–Kier alpha value is -2.06. The summed E-state index contributed by atoms with van der Waals surface area (Å²) < 4.78 is 5.47. The average molecular weight is 315 g/mol. The Morgan fingerprint density at radius 1 is 1.05 bits per heavy atom. The normalized spacial score (nSPS) is 11.6. The second-order valence-electron chi connectivity index (χ2n) is 6.05. The Morgan fingerprint density at radius 3 is 2.32 bits per heavy atom. The molecule has 0 amide bonds. The number of esters is 1. The molecule has 2 nitrogen and oxygen atoms in total. The topological polar surface area (TPSA) is 26.3 Å². The summed E-state index contributed by atoms with van der Waals surface area (Å²) in [7, 11) is 0. The van der Waals surface area contributed by atoms with Crippen LogP contribution in [-0.2, 0) is 10.2 Å². The van der Waals surface area contributed by atoms with Crippen LogP contribution in [0.5, 0.6) is 5.75 Å². The van der Waals surface area contributed by atoms with Crippen LogP contribution >= 0.6 is 11.6 Å². The highest BCUT2D eigenvalue weighted by Crippen LogP contribution is 2.31. The molecular weight excluding hydrogens is 296 g/mol. The molecule has 0 bridgehead atoms. The maximum atomic E-state index is 12.0. The van der Waals surface area contributed by atoms with Crippen molar-refractivity contribution in [1.82, 2.24) is 0 Å². The second kappa shape index (κ2) is 6.80. The fraction of sp³-hybridized carbons (Fsp3) is 0.211. The van der Waals surface area contributed by atoms with Crippen molar-refractivity contribution in [2.24, 2.45) is 0 Å². The molecule has 0 N–H and O–H groups in total. The summed E-state index contributed by atoms with van der Waals surface area (Å²) in [4.78, 5) is 12.0. The molecular formula is C19H19ClO2. The van der Waals surface area contributed by atoms with Crippen molar-refractivity contribution in [2.45, 2.75) is 26.2 Å². The van der Waals surface area contributed by atoms with E-state index < -0.39 is 5.97 Å². The molecule has 0 fully saturated rings. The Bertz CT molecular complexity index is 679. The van der Waals surface area contributed by atoms with Gasteiger partial charge in [-0.25, -0.2) is 4.79 Å². The molecule has 3 heteroatoms. The van der Waals surface area contributed by atoms with Crippen molar-refractivity contribution in [3.05, 3.63) is 70.8 Å². The van der Waals surface area contributed by atoms with E-state index >= 15 is 0 Å². The summed E-state index contributed by atoms with van der Waals surface area (Å²) in [6.07, 6.45) is 3.13. The molecule has 2 aromatic carbocycles. The van der Waals surface area contributed by atoms with Crippen molar-refractivity contribution in [3.63, 3.8) is 0 Å². The van der Waals surface area contributed by atoms with Crippen LogP contribution in [0, 0.1) is 0 Å². The zero-order valence-electron chi connectivity index (χ0n) is 13.0. The minimum atomic E-state index is -0.397. The van der Waals surface area contributed by atoms with E-state index in [1.165, 1.54) is 6.08 Å². The van der Waals surface area contributed by atoms with Gasteiger partial charge in [0.1, 0.15) is 5.75 Å². The lowest BCUT2D eigenvalue weighted by Crippen LogP contribution is -2.15. The molecule has 0 aliphatic rings. The monoisotopic (exact) mass is 314 g/mol. The molecule has 22 heavy (non-hydrogen) atoms. The lowest BCUT2D eigenvalue weighted by atomic mass is 9.86. The summed E-state index contributed by atoms with van der Waals surface area (Å²) in [6.45, 7) is 6.26. The van der Waals surface area contributed by atoms with Crippen molar-refractivity contribution >= 4 is 23.6 Å². The largest absolute Gasteiger partial charge is 0.423 e. The smallest absolute Gasteiger partial charge is 0.336 e. The molecule has 0 aliphatic carbocycles. The summed E-state index contributed by atoms with van der Waals surface area (Å²) in [5.74, 6) is 0.201. The molecule has 0 aromatic heterocycles. The zero-order valence-corrected chi connectivity index (χ0v) is 13.7. The first-order chi connectivity index (χ1) is 10.4. The van der Waals surface area contributed by atoms with Gasteiger partial charge in [-0.3, -0.25) is 0 Å². The van der Waals surface area contributed by atoms with Gasteiger partial charge in [0, 0.05) is 16.7 Å². The van der Waals surface area contributed by atoms with Gasteiger partial charge in [0.2, 0.25) is 0 Å². The minimum Gasteiger partial charge on any atom is -0.423 e. The maximum absolute atomic E-state index is 12.0. The van der Waals surface area contributed by atoms with Gasteiger partial charge in [0.25, 0.3) is 0 Å². The molecule has 0 heterocycles. The van der Waals surface area contributed by atoms with Gasteiger partial charge in [0.15, 0.2) is 0 Å². The summed E-state index contributed by atoms with van der Waals surface area (Å²) in [5.41, 5.74) is 1.81. The zero-order chi connectivity index (χ0) is 16.2. The highest BCUT2D eigenvalue weighted by Gasteiger charge is 2.19. The fourth-order valence-corrected chi connectivity index (χ4v) is 2.18. The Kier molecular flexibility index (Phi) is 5.04. The summed E-state index contributed by atoms with van der Waals surface area (Å²) >= 11 is 5.83. The third kappa shape index (κ3) is 4.47. The maximum Gasteiger partial charge on any atom is 0.336 e. The van der Waals surface area contributed by atoms with Crippen LogP contribution in [0.15, 0.2) is 54.6 Å². The van der Waals surface area contributed by atoms with Crippen LogP contribution in [0.3, 0.4) is 0 Å². The predicted octanol–water partition coefficient (Wildman–Crippen LogP) is 5.26. The minimum absolute atomic E-state index is 0.0865. The lowest BCUT2D eigenvalue weighted by molar-refractivity contribution is -0.128. The van der Waals surface area contributed by atoms with Crippen LogP contribution in [0.4, 0.5) is 0 Å². The molecule has 0 spiro atoms. The van der Waals surface area contributed by atoms with Crippen LogP contribution < -0.4 is 4.74 Å². The third-order valence-corrected chi connectivity index (χ3v) is 3.44. The number of hydrogen-bond acceptors (Lipinski definition) is 2. The van der Waals surface area contributed by atoms with Crippen LogP contribution in [0.1, 0.15) is 31.9 Å². The first-order valence-corrected chi connectivity index (χ1v) is 7.49. The van der Waals surface area contributed by atoms with E-state index in [1.807, 2.05) is 36.4 Å². The average Bonchev–Trinajstić information content (AvgIpc) is 2.46. The number of ether oxygens (including phenoxy) is 1. The first kappa shape index (κ1) is 16.3. The molecule has 0 saturated heterocycles. The first-order valence-electron chi connectivity index (χ1n) is 7.11. The number of carbonyl (C=O) groups is 1. The molecule has 0 atom stereocenters. The van der Waals surface area contributed by atoms with E-state index in [1.54, 1.807) is 18.2 Å². The fourth-order valence-electron chi connectivity index (χ4n) is 2.06. The van der Waals surface area contributed by atoms with Crippen molar-refractivity contribution in [1.29, 1.82) is 0 Å². The molecule has 0 saturated carbocycles. The molecule has 2 aromatic rings. The number of hydrogen-bond donors (Lipinski definition) is 0. The van der Waals surface area contributed by atoms with E-state index in [4.69, 9.17) is 16.3 Å². The summed E-state index contributed by atoms with van der Waals surface area (Å²) in [5, 5.41) is 0.666. The predicted molar refractivity (Wildman–Crippen MR) is 91.3 cm³/mol. The third-order valence-electron chi connectivity index (χ3n) is 3.19. The van der Waals surface area contributed by atoms with Crippen LogP contribution in [0.25, 0.3) is 6.08 Å². The quantitative estimate of drug-likeness (QED) is 0.439. The Morgan fingerprint density at radius 2 is 1.68 bits per heavy atom. The number of benzene rings is 2. The highest BCUT2D eigenvalue weighted by atomic mass is 35.5. The molecule has 2 rings (SSSR count). The van der Waals surface area contributed by atoms with Gasteiger partial charge >= 0.3 is 5.97 Å². The molecule has 114 valence electrons. The second-order valence-corrected chi connectivity index (χ2v) is 6.49. The SMILES string of the molecule is CC(C)(C)c1ccccc1OC(=O)/C=C/c1ccc(Cl)cc1. The van der Waals surface area contributed by atoms with Gasteiger partial charge in [-0.15, -0.1) is 0 Å². The van der Waals surface area contributed by atoms with Crippen LogP contribution in [-0.4, -0.2) is 5.97 Å². The van der Waals surface area contributed by atoms with Gasteiger partial charge in [-0.05, 0) is 35.3 Å². The van der Waals surface area contributed by atoms with E-state index in [0.717, 1.165) is 11.1 Å². The Balaban J connectivity index is 2.11. The molecule has 0 radical (unpaired) electrons. The molecule has 0 unspecified atom stereocenters. The van der Waals surface area contributed by atoms with Gasteiger partial charge < -0.3 is 4.74 Å². The lowest BCUT2D eigenvalue weighted by Gasteiger charge is -2.21. The van der Waals surface area contributed by atoms with Crippen LogP contribution in [0.2, 0.25) is 5.02 Å². The van der Waals surface area contributed by atoms with E-state index in [9.17, 15) is 4.79 Å². The van der Waals surface area contributed by atoms with Gasteiger partial charge in [0.05, 0.1) is 0 Å². The number of para-hydroxylation sites is 1. The summed E-state index contributed by atoms with van der Waals surface area (Å²) in [6, 6.07) is 14.8. The van der Waals surface area contributed by atoms with E-state index in [2.05, 4.69) is 20.8 Å². The van der Waals surface area contributed by atoms with E-state index in [0.29, 0.717) is 10.8 Å².